The van der Waals surface area contributed by atoms with Crippen LogP contribution in [0.5, 0.6) is 5.75 Å². The fourth-order valence-electron chi connectivity index (χ4n) is 2.38. The van der Waals surface area contributed by atoms with Crippen molar-refractivity contribution in [3.63, 3.8) is 0 Å². The Labute approximate surface area is 97.2 Å². The zero-order chi connectivity index (χ0) is 11.5. The van der Waals surface area contributed by atoms with Crippen molar-refractivity contribution in [3.05, 3.63) is 18.0 Å². The Balaban J connectivity index is 2.16. The highest BCUT2D eigenvalue weighted by Crippen LogP contribution is 2.31. The van der Waals surface area contributed by atoms with Crippen LogP contribution >= 0.6 is 0 Å². The van der Waals surface area contributed by atoms with Gasteiger partial charge in [0.2, 0.25) is 0 Å². The highest BCUT2D eigenvalue weighted by atomic mass is 16.5. The van der Waals surface area contributed by atoms with Gasteiger partial charge < -0.3 is 10.1 Å². The number of anilines is 1. The molecule has 1 aliphatic carbocycles. The number of aryl methyl sites for hydroxylation is 1. The lowest BCUT2D eigenvalue weighted by molar-refractivity contribution is 0.413. The van der Waals surface area contributed by atoms with Crippen LogP contribution in [0.4, 0.5) is 5.69 Å². The van der Waals surface area contributed by atoms with Crippen LogP contribution in [0.2, 0.25) is 0 Å². The van der Waals surface area contributed by atoms with Crippen molar-refractivity contribution in [1.29, 1.82) is 0 Å². The predicted octanol–water partition coefficient (Wildman–Crippen LogP) is 3.00. The monoisotopic (exact) mass is 220 g/mol. The van der Waals surface area contributed by atoms with Gasteiger partial charge >= 0.3 is 0 Å². The second-order valence-corrected chi connectivity index (χ2v) is 4.68. The van der Waals surface area contributed by atoms with E-state index in [-0.39, 0.29) is 0 Å². The number of nitrogens with zero attached hydrogens (tertiary/aromatic N) is 1. The first kappa shape index (κ1) is 11.2. The van der Waals surface area contributed by atoms with Crippen LogP contribution in [-0.4, -0.2) is 18.1 Å². The molecule has 1 N–H and O–H groups in total. The molecule has 1 aliphatic rings. The van der Waals surface area contributed by atoms with Crippen LogP contribution in [0.3, 0.4) is 0 Å². The summed E-state index contributed by atoms with van der Waals surface area (Å²) in [6, 6.07) is 2.64. The van der Waals surface area contributed by atoms with Gasteiger partial charge in [-0.25, -0.2) is 0 Å². The number of hydrogen-bond donors (Lipinski definition) is 1. The van der Waals surface area contributed by atoms with Gasteiger partial charge in [-0.2, -0.15) is 0 Å². The molecule has 88 valence electrons. The summed E-state index contributed by atoms with van der Waals surface area (Å²) < 4.78 is 5.32. The second-order valence-electron chi connectivity index (χ2n) is 4.68. The smallest absolute Gasteiger partial charge is 0.160 e. The molecular weight excluding hydrogens is 200 g/mol. The standard InChI is InChI=1S/C13H20N2O/c1-9-5-4-6-11(9)15-12-7-10(2)14-8-13(12)16-3/h7-9,11H,4-6H2,1-3H3,(H,14,15). The Morgan fingerprint density at radius 3 is 2.88 bits per heavy atom. The van der Waals surface area contributed by atoms with Gasteiger partial charge in [0.25, 0.3) is 0 Å². The van der Waals surface area contributed by atoms with E-state index in [4.69, 9.17) is 4.74 Å². The Morgan fingerprint density at radius 2 is 2.25 bits per heavy atom. The van der Waals surface area contributed by atoms with Gasteiger partial charge in [0, 0.05) is 11.7 Å². The van der Waals surface area contributed by atoms with Crippen molar-refractivity contribution in [1.82, 2.24) is 4.98 Å². The van der Waals surface area contributed by atoms with E-state index in [2.05, 4.69) is 23.3 Å². The molecule has 1 aromatic heterocycles. The quantitative estimate of drug-likeness (QED) is 0.850. The SMILES string of the molecule is COc1cnc(C)cc1NC1CCCC1C. The van der Waals surface area contributed by atoms with E-state index in [1.807, 2.05) is 6.92 Å². The van der Waals surface area contributed by atoms with Crippen LogP contribution in [0.1, 0.15) is 31.9 Å². The molecule has 0 aliphatic heterocycles. The Bertz CT molecular complexity index is 365. The van der Waals surface area contributed by atoms with E-state index in [0.717, 1.165) is 23.0 Å². The topological polar surface area (TPSA) is 34.1 Å². The Kier molecular flexibility index (Phi) is 3.32. The number of nitrogens with one attached hydrogen (secondary N) is 1. The van der Waals surface area contributed by atoms with Gasteiger partial charge in [-0.15, -0.1) is 0 Å². The Hall–Kier alpha value is -1.25. The molecule has 1 fully saturated rings. The lowest BCUT2D eigenvalue weighted by Gasteiger charge is -2.20. The van der Waals surface area contributed by atoms with Gasteiger partial charge in [0.05, 0.1) is 19.0 Å². The molecule has 2 atom stereocenters. The highest BCUT2D eigenvalue weighted by molar-refractivity contribution is 5.56. The number of ether oxygens (including phenoxy) is 1. The van der Waals surface area contributed by atoms with Gasteiger partial charge in [-0.05, 0) is 31.7 Å². The summed E-state index contributed by atoms with van der Waals surface area (Å²) in [5, 5.41) is 3.59. The van der Waals surface area contributed by atoms with Crippen molar-refractivity contribution in [2.45, 2.75) is 39.2 Å². The average Bonchev–Trinajstić information content (AvgIpc) is 2.65. The van der Waals surface area contributed by atoms with Crippen LogP contribution in [0.25, 0.3) is 0 Å². The average molecular weight is 220 g/mol. The van der Waals surface area contributed by atoms with E-state index >= 15 is 0 Å². The van der Waals surface area contributed by atoms with Gasteiger partial charge in [0.15, 0.2) is 5.75 Å². The molecule has 0 amide bonds. The third-order valence-electron chi connectivity index (χ3n) is 3.43. The summed E-state index contributed by atoms with van der Waals surface area (Å²) in [6.45, 7) is 4.31. The van der Waals surface area contributed by atoms with E-state index < -0.39 is 0 Å². The van der Waals surface area contributed by atoms with Gasteiger partial charge in [-0.3, -0.25) is 4.98 Å². The molecule has 2 unspecified atom stereocenters. The molecule has 3 nitrogen and oxygen atoms in total. The van der Waals surface area contributed by atoms with Gasteiger partial charge in [-0.1, -0.05) is 13.3 Å². The molecule has 0 bridgehead atoms. The third kappa shape index (κ3) is 2.29. The normalized spacial score (nSPS) is 24.4. The molecule has 3 heteroatoms. The number of aromatic nitrogens is 1. The number of hydrogen-bond acceptors (Lipinski definition) is 3. The first-order valence-electron chi connectivity index (χ1n) is 5.98. The van der Waals surface area contributed by atoms with Crippen LogP contribution in [0.15, 0.2) is 12.3 Å². The molecule has 0 saturated heterocycles. The van der Waals surface area contributed by atoms with Crippen LogP contribution in [-0.2, 0) is 0 Å². The minimum atomic E-state index is 0.579. The van der Waals surface area contributed by atoms with E-state index in [9.17, 15) is 0 Å². The summed E-state index contributed by atoms with van der Waals surface area (Å²) in [5.74, 6) is 1.59. The number of pyridine rings is 1. The minimum absolute atomic E-state index is 0.579. The van der Waals surface area contributed by atoms with Crippen molar-refractivity contribution in [3.8, 4) is 5.75 Å². The Morgan fingerprint density at radius 1 is 1.44 bits per heavy atom. The van der Waals surface area contributed by atoms with Crippen molar-refractivity contribution < 1.29 is 4.74 Å². The zero-order valence-electron chi connectivity index (χ0n) is 10.3. The maximum atomic E-state index is 5.32. The predicted molar refractivity (Wildman–Crippen MR) is 66.0 cm³/mol. The largest absolute Gasteiger partial charge is 0.493 e. The summed E-state index contributed by atoms with van der Waals surface area (Å²) in [7, 11) is 1.69. The maximum Gasteiger partial charge on any atom is 0.160 e. The van der Waals surface area contributed by atoms with Crippen LogP contribution < -0.4 is 10.1 Å². The molecule has 2 rings (SSSR count). The lowest BCUT2D eigenvalue weighted by atomic mass is 10.1. The molecule has 0 aromatic carbocycles. The molecule has 1 aromatic rings. The summed E-state index contributed by atoms with van der Waals surface area (Å²) in [5.41, 5.74) is 2.10. The van der Waals surface area contributed by atoms with E-state index in [1.165, 1.54) is 19.3 Å². The summed E-state index contributed by atoms with van der Waals surface area (Å²) >= 11 is 0. The second kappa shape index (κ2) is 4.73. The first-order valence-corrected chi connectivity index (χ1v) is 5.98. The molecule has 0 radical (unpaired) electrons. The zero-order valence-corrected chi connectivity index (χ0v) is 10.3. The highest BCUT2D eigenvalue weighted by Gasteiger charge is 2.23. The fraction of sp³-hybridized carbons (Fsp3) is 0.615. The molecule has 16 heavy (non-hydrogen) atoms. The fourth-order valence-corrected chi connectivity index (χ4v) is 2.38. The number of rotatable bonds is 3. The van der Waals surface area contributed by atoms with E-state index in [0.29, 0.717) is 6.04 Å². The van der Waals surface area contributed by atoms with Crippen molar-refractivity contribution in [2.75, 3.05) is 12.4 Å². The molecular formula is C13H20N2O. The summed E-state index contributed by atoms with van der Waals surface area (Å²) in [4.78, 5) is 4.24. The lowest BCUT2D eigenvalue weighted by Crippen LogP contribution is -2.22. The van der Waals surface area contributed by atoms with E-state index in [1.54, 1.807) is 13.3 Å². The maximum absolute atomic E-state index is 5.32. The van der Waals surface area contributed by atoms with Crippen molar-refractivity contribution >= 4 is 5.69 Å². The summed E-state index contributed by atoms with van der Waals surface area (Å²) in [6.07, 6.45) is 5.69. The van der Waals surface area contributed by atoms with Crippen LogP contribution in [0, 0.1) is 12.8 Å². The third-order valence-corrected chi connectivity index (χ3v) is 3.43. The number of methoxy groups -OCH3 is 1. The van der Waals surface area contributed by atoms with Gasteiger partial charge in [0.1, 0.15) is 0 Å². The first-order chi connectivity index (χ1) is 7.70. The molecule has 1 saturated carbocycles. The molecule has 1 heterocycles. The minimum Gasteiger partial charge on any atom is -0.493 e. The molecule has 0 spiro atoms. The van der Waals surface area contributed by atoms with Crippen molar-refractivity contribution in [2.24, 2.45) is 5.92 Å².